The molecule has 0 bridgehead atoms. The molecule has 0 saturated carbocycles. The van der Waals surface area contributed by atoms with Crippen molar-refractivity contribution < 1.29 is 14.7 Å². The quantitative estimate of drug-likeness (QED) is 0.405. The molecule has 0 fully saturated rings. The molecule has 1 aromatic rings. The Hall–Kier alpha value is 1.17. The Morgan fingerprint density at radius 1 is 0.929 bits per heavy atom. The van der Waals surface area contributed by atoms with Crippen LogP contribution in [-0.2, 0) is 0 Å². The maximum Gasteiger partial charge on any atom is 2.00 e. The zero-order chi connectivity index (χ0) is 10.2. The fourth-order valence-electron chi connectivity index (χ4n) is 0.727. The first kappa shape index (κ1) is 15.2. The van der Waals surface area contributed by atoms with E-state index < -0.39 is 13.2 Å². The summed E-state index contributed by atoms with van der Waals surface area (Å²) in [5, 5.41) is -0.900. The molecule has 1 aromatic carbocycles. The fraction of sp³-hybridized carbons (Fsp3) is 0. The summed E-state index contributed by atoms with van der Waals surface area (Å²) in [6.07, 6.45) is 0. The van der Waals surface area contributed by atoms with Gasteiger partial charge in [0.2, 0.25) is 0 Å². The molecule has 0 unspecified atom stereocenters. The van der Waals surface area contributed by atoms with Crippen LogP contribution in [0, 0.1) is 0 Å². The topological polar surface area (TPSA) is 69.2 Å². The van der Waals surface area contributed by atoms with E-state index in [1.165, 1.54) is 6.07 Å². The second kappa shape index (κ2) is 5.48. The van der Waals surface area contributed by atoms with Gasteiger partial charge in [0.1, 0.15) is 5.02 Å². The molecule has 0 spiro atoms. The third-order valence-corrected chi connectivity index (χ3v) is 3.70. The first-order chi connectivity index (χ1) is 5.84. The Kier molecular flexibility index (Phi) is 5.94. The molecule has 8 heteroatoms. The summed E-state index contributed by atoms with van der Waals surface area (Å²) < 4.78 is 0. The van der Waals surface area contributed by atoms with Crippen molar-refractivity contribution in [3.05, 3.63) is 27.2 Å². The van der Waals surface area contributed by atoms with Crippen molar-refractivity contribution in [2.75, 3.05) is 0 Å². The van der Waals surface area contributed by atoms with Gasteiger partial charge in [0.15, 0.2) is 0 Å². The first-order valence-electron chi connectivity index (χ1n) is 3.00. The summed E-state index contributed by atoms with van der Waals surface area (Å²) in [5.41, 5.74) is 0. The van der Waals surface area contributed by atoms with E-state index in [9.17, 15) is 14.7 Å². The molecule has 0 atom stereocenters. The summed E-state index contributed by atoms with van der Waals surface area (Å²) in [6, 6.07) is 2.23. The second-order valence-corrected chi connectivity index (χ2v) is 4.83. The normalized spacial score (nSPS) is 11.0. The van der Waals surface area contributed by atoms with Crippen molar-refractivity contribution in [1.29, 1.82) is 0 Å². The Labute approximate surface area is 112 Å². The van der Waals surface area contributed by atoms with Crippen molar-refractivity contribution in [3.8, 4) is 0 Å². The molecule has 14 heavy (non-hydrogen) atoms. The number of rotatable bonds is 1. The number of hydrogen-bond acceptors (Lipinski definition) is 3. The molecule has 0 heterocycles. The molecule has 0 aliphatic heterocycles. The average molecular weight is 284 g/mol. The van der Waals surface area contributed by atoms with Crippen LogP contribution in [0.3, 0.4) is 0 Å². The predicted octanol–water partition coefficient (Wildman–Crippen LogP) is -0.265. The van der Waals surface area contributed by atoms with E-state index in [0.717, 1.165) is 6.07 Å². The van der Waals surface area contributed by atoms with E-state index in [1.807, 2.05) is 0 Å². The molecule has 0 amide bonds. The fourth-order valence-corrected chi connectivity index (χ4v) is 2.25. The van der Waals surface area contributed by atoms with Crippen LogP contribution in [0.5, 0.6) is 0 Å². The molecule has 72 valence electrons. The van der Waals surface area contributed by atoms with Crippen molar-refractivity contribution >= 4 is 71.1 Å². The van der Waals surface area contributed by atoms with Gasteiger partial charge in [-0.2, -0.15) is 0 Å². The standard InChI is InChI=1S/C6H4Cl3O3P.Mg/c7-3-1-2-4(13(10,11)12)6(9)5(3)8;/h1-2H,(H2,10,11,12);/q;+2/p-2. The van der Waals surface area contributed by atoms with E-state index in [0.29, 0.717) is 0 Å². The molecule has 0 aliphatic carbocycles. The Morgan fingerprint density at radius 2 is 1.43 bits per heavy atom. The molecule has 0 radical (unpaired) electrons. The number of halogens is 3. The summed E-state index contributed by atoms with van der Waals surface area (Å²) >= 11 is 16.5. The number of hydrogen-bond donors (Lipinski definition) is 0. The van der Waals surface area contributed by atoms with E-state index >= 15 is 0 Å². The largest absolute Gasteiger partial charge is 2.00 e. The molecular weight excluding hydrogens is 282 g/mol. The molecular formula is C6H2Cl3MgO3P. The van der Waals surface area contributed by atoms with E-state index in [1.54, 1.807) is 0 Å². The smallest absolute Gasteiger partial charge is 0.683 e. The minimum Gasteiger partial charge on any atom is -0.683 e. The van der Waals surface area contributed by atoms with Gasteiger partial charge < -0.3 is 14.7 Å². The van der Waals surface area contributed by atoms with Gasteiger partial charge >= 0.3 is 23.1 Å². The Balaban J connectivity index is 0.00000169. The molecule has 0 saturated heterocycles. The molecule has 0 aliphatic rings. The van der Waals surface area contributed by atoms with Crippen LogP contribution >= 0.6 is 42.7 Å². The van der Waals surface area contributed by atoms with Crippen molar-refractivity contribution in [3.63, 3.8) is 0 Å². The van der Waals surface area contributed by atoms with Crippen molar-refractivity contribution in [2.24, 2.45) is 0 Å². The monoisotopic (exact) mass is 282 g/mol. The zero-order valence-corrected chi connectivity index (χ0v) is 11.2. The third kappa shape index (κ3) is 3.34. The summed E-state index contributed by atoms with van der Waals surface area (Å²) in [7, 11) is -4.88. The maximum absolute atomic E-state index is 10.6. The predicted molar refractivity (Wildman–Crippen MR) is 53.8 cm³/mol. The van der Waals surface area contributed by atoms with Crippen LogP contribution in [-0.4, -0.2) is 23.1 Å². The van der Waals surface area contributed by atoms with Crippen molar-refractivity contribution in [1.82, 2.24) is 0 Å². The van der Waals surface area contributed by atoms with Gasteiger partial charge in [-0.25, -0.2) is 0 Å². The van der Waals surface area contributed by atoms with Gasteiger partial charge in [-0.1, -0.05) is 34.8 Å². The molecule has 0 aromatic heterocycles. The van der Waals surface area contributed by atoms with E-state index in [2.05, 4.69) is 0 Å². The Morgan fingerprint density at radius 3 is 1.86 bits per heavy atom. The second-order valence-electron chi connectivity index (χ2n) is 2.19. The van der Waals surface area contributed by atoms with Crippen LogP contribution in [0.2, 0.25) is 15.1 Å². The van der Waals surface area contributed by atoms with Gasteiger partial charge in [-0.05, 0) is 12.1 Å². The minimum absolute atomic E-state index is 0. The SMILES string of the molecule is [Mg+2].[O-][P+]([O-])([O-])c1ccc(Cl)c(Cl)c1Cl. The Bertz CT molecular complexity index is 342. The molecule has 1 rings (SSSR count). The number of benzene rings is 1. The van der Waals surface area contributed by atoms with Crippen LogP contribution in [0.15, 0.2) is 12.1 Å². The van der Waals surface area contributed by atoms with Crippen LogP contribution in [0.4, 0.5) is 0 Å². The summed E-state index contributed by atoms with van der Waals surface area (Å²) in [4.78, 5) is 31.8. The maximum atomic E-state index is 10.6. The van der Waals surface area contributed by atoms with Crippen LogP contribution in [0.25, 0.3) is 0 Å². The molecule has 3 nitrogen and oxygen atoms in total. The zero-order valence-electron chi connectivity index (χ0n) is 6.67. The van der Waals surface area contributed by atoms with Gasteiger partial charge in [0.05, 0.1) is 15.3 Å². The average Bonchev–Trinajstić information content (AvgIpc) is 1.98. The van der Waals surface area contributed by atoms with E-state index in [4.69, 9.17) is 34.8 Å². The van der Waals surface area contributed by atoms with Gasteiger partial charge in [-0.3, -0.25) is 0 Å². The van der Waals surface area contributed by atoms with Gasteiger partial charge in [-0.15, -0.1) is 7.94 Å². The van der Waals surface area contributed by atoms with Crippen LogP contribution in [0.1, 0.15) is 0 Å². The van der Waals surface area contributed by atoms with Gasteiger partial charge in [0, 0.05) is 0 Å². The third-order valence-electron chi connectivity index (χ3n) is 1.31. The van der Waals surface area contributed by atoms with Crippen LogP contribution < -0.4 is 20.0 Å². The first-order valence-corrected chi connectivity index (χ1v) is 5.68. The van der Waals surface area contributed by atoms with E-state index in [-0.39, 0.29) is 38.1 Å². The van der Waals surface area contributed by atoms with Crippen molar-refractivity contribution in [2.45, 2.75) is 0 Å². The summed E-state index contributed by atoms with van der Waals surface area (Å²) in [5.74, 6) is 0. The summed E-state index contributed by atoms with van der Waals surface area (Å²) in [6.45, 7) is 0. The minimum atomic E-state index is -4.88. The van der Waals surface area contributed by atoms with Gasteiger partial charge in [0.25, 0.3) is 0 Å². The molecule has 0 N–H and O–H groups in total.